The molecule has 0 saturated carbocycles. The third-order valence-corrected chi connectivity index (χ3v) is 3.39. The number of ether oxygens (including phenoxy) is 2. The van der Waals surface area contributed by atoms with Crippen LogP contribution >= 0.6 is 0 Å². The number of carbonyl (C=O) groups excluding carboxylic acids is 1. The second-order valence-electron chi connectivity index (χ2n) is 5.48. The number of carbonyl (C=O) groups is 1. The summed E-state index contributed by atoms with van der Waals surface area (Å²) in [5.74, 6) is 0.593. The lowest BCUT2D eigenvalue weighted by Gasteiger charge is -2.14. The van der Waals surface area contributed by atoms with Gasteiger partial charge in [0.2, 0.25) is 0 Å². The lowest BCUT2D eigenvalue weighted by Crippen LogP contribution is -2.38. The quantitative estimate of drug-likeness (QED) is 0.815. The van der Waals surface area contributed by atoms with E-state index in [2.05, 4.69) is 17.4 Å². The van der Waals surface area contributed by atoms with Gasteiger partial charge in [-0.15, -0.1) is 0 Å². The van der Waals surface area contributed by atoms with Crippen LogP contribution < -0.4 is 10.1 Å². The van der Waals surface area contributed by atoms with Gasteiger partial charge in [-0.1, -0.05) is 48.5 Å². The summed E-state index contributed by atoms with van der Waals surface area (Å²) < 4.78 is 10.7. The first-order valence-electron chi connectivity index (χ1n) is 7.72. The van der Waals surface area contributed by atoms with Crippen molar-refractivity contribution in [3.63, 3.8) is 0 Å². The maximum absolute atomic E-state index is 11.9. The van der Waals surface area contributed by atoms with Crippen molar-refractivity contribution in [3.05, 3.63) is 65.7 Å². The molecule has 0 saturated heterocycles. The normalized spacial score (nSPS) is 11.7. The third kappa shape index (κ3) is 5.75. The van der Waals surface area contributed by atoms with Gasteiger partial charge in [-0.05, 0) is 24.1 Å². The molecule has 4 heteroatoms. The van der Waals surface area contributed by atoms with Gasteiger partial charge in [0, 0.05) is 19.6 Å². The van der Waals surface area contributed by atoms with Gasteiger partial charge in [-0.25, -0.2) is 0 Å². The third-order valence-electron chi connectivity index (χ3n) is 3.39. The van der Waals surface area contributed by atoms with Crippen LogP contribution in [0.4, 0.5) is 0 Å². The molecule has 0 heterocycles. The van der Waals surface area contributed by atoms with E-state index in [0.717, 1.165) is 17.7 Å². The van der Waals surface area contributed by atoms with Gasteiger partial charge in [-0.3, -0.25) is 4.79 Å². The molecule has 0 aromatic heterocycles. The highest BCUT2D eigenvalue weighted by atomic mass is 16.5. The highest BCUT2D eigenvalue weighted by Crippen LogP contribution is 2.21. The molecule has 1 amide bonds. The van der Waals surface area contributed by atoms with E-state index in [1.165, 1.54) is 5.56 Å². The predicted molar refractivity (Wildman–Crippen MR) is 90.7 cm³/mol. The summed E-state index contributed by atoms with van der Waals surface area (Å²) >= 11 is 0. The summed E-state index contributed by atoms with van der Waals surface area (Å²) in [7, 11) is 1.61. The molecule has 1 N–H and O–H groups in total. The van der Waals surface area contributed by atoms with E-state index < -0.39 is 0 Å². The Kier molecular flexibility index (Phi) is 6.63. The molecule has 0 aliphatic rings. The minimum atomic E-state index is -0.149. The molecule has 1 unspecified atom stereocenters. The zero-order valence-corrected chi connectivity index (χ0v) is 13.6. The fraction of sp³-hybridized carbons (Fsp3) is 0.316. The zero-order chi connectivity index (χ0) is 16.5. The Morgan fingerprint density at radius 1 is 1.09 bits per heavy atom. The molecule has 0 aliphatic carbocycles. The Morgan fingerprint density at radius 3 is 2.52 bits per heavy atom. The predicted octanol–water partition coefficient (Wildman–Crippen LogP) is 2.81. The van der Waals surface area contributed by atoms with Gasteiger partial charge < -0.3 is 14.8 Å². The molecule has 4 nitrogen and oxygen atoms in total. The van der Waals surface area contributed by atoms with Gasteiger partial charge in [0.25, 0.3) is 5.91 Å². The fourth-order valence-corrected chi connectivity index (χ4v) is 2.36. The molecule has 122 valence electrons. The maximum Gasteiger partial charge on any atom is 0.258 e. The molecule has 0 aliphatic heterocycles. The maximum atomic E-state index is 11.9. The number of amides is 1. The van der Waals surface area contributed by atoms with Crippen molar-refractivity contribution in [2.45, 2.75) is 19.4 Å². The van der Waals surface area contributed by atoms with E-state index in [0.29, 0.717) is 6.61 Å². The SMILES string of the molecule is COCC(C)NC(=O)COc1ccccc1Cc1ccccc1. The van der Waals surface area contributed by atoms with Gasteiger partial charge >= 0.3 is 0 Å². The van der Waals surface area contributed by atoms with Crippen LogP contribution in [0, 0.1) is 0 Å². The van der Waals surface area contributed by atoms with Gasteiger partial charge in [-0.2, -0.15) is 0 Å². The first-order valence-corrected chi connectivity index (χ1v) is 7.72. The average molecular weight is 313 g/mol. The largest absolute Gasteiger partial charge is 0.483 e. The Labute approximate surface area is 137 Å². The van der Waals surface area contributed by atoms with E-state index in [9.17, 15) is 4.79 Å². The molecular formula is C19H23NO3. The number of hydrogen-bond acceptors (Lipinski definition) is 3. The highest BCUT2D eigenvalue weighted by Gasteiger charge is 2.10. The van der Waals surface area contributed by atoms with E-state index in [4.69, 9.17) is 9.47 Å². The minimum absolute atomic E-state index is 0.000142. The number of nitrogens with one attached hydrogen (secondary N) is 1. The van der Waals surface area contributed by atoms with Gasteiger partial charge in [0.1, 0.15) is 5.75 Å². The van der Waals surface area contributed by atoms with E-state index in [-0.39, 0.29) is 18.6 Å². The Balaban J connectivity index is 1.94. The summed E-state index contributed by atoms with van der Waals surface area (Å²) in [5.41, 5.74) is 2.28. The molecule has 2 rings (SSSR count). The number of benzene rings is 2. The standard InChI is InChI=1S/C19H23NO3/c1-15(13-22-2)20-19(21)14-23-18-11-7-6-10-17(18)12-16-8-4-3-5-9-16/h3-11,15H,12-14H2,1-2H3,(H,20,21). The molecule has 23 heavy (non-hydrogen) atoms. The summed E-state index contributed by atoms with van der Waals surface area (Å²) in [6.45, 7) is 2.38. The molecule has 1 atom stereocenters. The zero-order valence-electron chi connectivity index (χ0n) is 13.6. The summed E-state index contributed by atoms with van der Waals surface area (Å²) in [6, 6.07) is 18.0. The van der Waals surface area contributed by atoms with Crippen LogP contribution in [0.1, 0.15) is 18.1 Å². The van der Waals surface area contributed by atoms with Crippen LogP contribution in [0.15, 0.2) is 54.6 Å². The van der Waals surface area contributed by atoms with Crippen LogP contribution in [0.5, 0.6) is 5.75 Å². The molecule has 2 aromatic carbocycles. The Bertz CT molecular complexity index is 613. The number of methoxy groups -OCH3 is 1. The van der Waals surface area contributed by atoms with Crippen molar-refractivity contribution in [2.24, 2.45) is 0 Å². The van der Waals surface area contributed by atoms with Crippen molar-refractivity contribution in [1.29, 1.82) is 0 Å². The van der Waals surface area contributed by atoms with Crippen LogP contribution in [0.3, 0.4) is 0 Å². The van der Waals surface area contributed by atoms with E-state index in [1.807, 2.05) is 49.4 Å². The number of rotatable bonds is 8. The number of para-hydroxylation sites is 1. The van der Waals surface area contributed by atoms with Crippen LogP contribution in [0.2, 0.25) is 0 Å². The highest BCUT2D eigenvalue weighted by molar-refractivity contribution is 5.77. The number of hydrogen-bond donors (Lipinski definition) is 1. The minimum Gasteiger partial charge on any atom is -0.483 e. The molecule has 2 aromatic rings. The summed E-state index contributed by atoms with van der Waals surface area (Å²) in [6.07, 6.45) is 0.776. The molecule has 0 spiro atoms. The van der Waals surface area contributed by atoms with Crippen LogP contribution in [-0.2, 0) is 16.0 Å². The summed E-state index contributed by atoms with van der Waals surface area (Å²) in [4.78, 5) is 11.9. The lowest BCUT2D eigenvalue weighted by molar-refractivity contribution is -0.124. The van der Waals surface area contributed by atoms with Crippen molar-refractivity contribution < 1.29 is 14.3 Å². The van der Waals surface area contributed by atoms with Crippen molar-refractivity contribution in [2.75, 3.05) is 20.3 Å². The fourth-order valence-electron chi connectivity index (χ4n) is 2.36. The van der Waals surface area contributed by atoms with Gasteiger partial charge in [0.15, 0.2) is 6.61 Å². The molecule has 0 radical (unpaired) electrons. The molecular weight excluding hydrogens is 290 g/mol. The molecule has 0 bridgehead atoms. The van der Waals surface area contributed by atoms with E-state index >= 15 is 0 Å². The smallest absolute Gasteiger partial charge is 0.258 e. The van der Waals surface area contributed by atoms with Gasteiger partial charge in [0.05, 0.1) is 6.61 Å². The first kappa shape index (κ1) is 17.0. The average Bonchev–Trinajstić information content (AvgIpc) is 2.55. The van der Waals surface area contributed by atoms with Crippen molar-refractivity contribution in [1.82, 2.24) is 5.32 Å². The van der Waals surface area contributed by atoms with Crippen molar-refractivity contribution in [3.8, 4) is 5.75 Å². The first-order chi connectivity index (χ1) is 11.2. The second-order valence-corrected chi connectivity index (χ2v) is 5.48. The lowest BCUT2D eigenvalue weighted by atomic mass is 10.0. The van der Waals surface area contributed by atoms with Crippen LogP contribution in [-0.4, -0.2) is 32.3 Å². The Hall–Kier alpha value is -2.33. The topological polar surface area (TPSA) is 47.6 Å². The van der Waals surface area contributed by atoms with E-state index in [1.54, 1.807) is 7.11 Å². The second kappa shape index (κ2) is 8.96. The monoisotopic (exact) mass is 313 g/mol. The summed E-state index contributed by atoms with van der Waals surface area (Å²) in [5, 5.41) is 2.83. The molecule has 0 fully saturated rings. The van der Waals surface area contributed by atoms with Crippen molar-refractivity contribution >= 4 is 5.91 Å². The Morgan fingerprint density at radius 2 is 1.78 bits per heavy atom. The van der Waals surface area contributed by atoms with Crippen LogP contribution in [0.25, 0.3) is 0 Å².